The quantitative estimate of drug-likeness (QED) is 0.562. The first-order valence-corrected chi connectivity index (χ1v) is 6.56. The van der Waals surface area contributed by atoms with E-state index in [1.54, 1.807) is 11.9 Å². The van der Waals surface area contributed by atoms with Gasteiger partial charge in [0, 0.05) is 20.1 Å². The fraction of sp³-hybridized carbons (Fsp3) is 0.833. The molecule has 0 aromatic heterocycles. The average molecular weight is 273 g/mol. The molecule has 7 heteroatoms. The number of nitrogens with zero attached hydrogens (tertiary/aromatic N) is 1. The van der Waals surface area contributed by atoms with E-state index < -0.39 is 12.1 Å². The largest absolute Gasteiger partial charge is 0.479 e. The number of nitrogens with one attached hydrogen (secondary N) is 2. The van der Waals surface area contributed by atoms with Crippen LogP contribution in [0.2, 0.25) is 0 Å². The van der Waals surface area contributed by atoms with E-state index in [1.165, 1.54) is 0 Å². The van der Waals surface area contributed by atoms with Crippen LogP contribution in [0.1, 0.15) is 19.3 Å². The van der Waals surface area contributed by atoms with Crippen LogP contribution in [0.15, 0.2) is 0 Å². The van der Waals surface area contributed by atoms with Gasteiger partial charge in [-0.15, -0.1) is 0 Å². The van der Waals surface area contributed by atoms with Crippen LogP contribution < -0.4 is 10.6 Å². The van der Waals surface area contributed by atoms with Gasteiger partial charge in [0.2, 0.25) is 0 Å². The number of carboxylic acid groups (broad SMARTS) is 1. The van der Waals surface area contributed by atoms with Gasteiger partial charge < -0.3 is 25.4 Å². The van der Waals surface area contributed by atoms with Gasteiger partial charge in [-0.3, -0.25) is 0 Å². The lowest BCUT2D eigenvalue weighted by Gasteiger charge is -2.19. The highest BCUT2D eigenvalue weighted by molar-refractivity contribution is 5.74. The van der Waals surface area contributed by atoms with Crippen molar-refractivity contribution in [3.05, 3.63) is 0 Å². The number of carboxylic acids is 1. The molecule has 1 aliphatic heterocycles. The lowest BCUT2D eigenvalue weighted by Crippen LogP contribution is -2.41. The summed E-state index contributed by atoms with van der Waals surface area (Å²) in [7, 11) is 3.61. The number of rotatable bonds is 7. The minimum absolute atomic E-state index is 0.154. The second-order valence-corrected chi connectivity index (χ2v) is 4.73. The molecule has 2 amide bonds. The van der Waals surface area contributed by atoms with Crippen molar-refractivity contribution in [3.63, 3.8) is 0 Å². The van der Waals surface area contributed by atoms with Crippen molar-refractivity contribution in [2.45, 2.75) is 31.5 Å². The van der Waals surface area contributed by atoms with Gasteiger partial charge >= 0.3 is 12.0 Å². The molecule has 19 heavy (non-hydrogen) atoms. The zero-order valence-corrected chi connectivity index (χ0v) is 11.5. The normalized spacial score (nSPS) is 22.2. The number of ether oxygens (including phenoxy) is 1. The Morgan fingerprint density at radius 2 is 2.16 bits per heavy atom. The minimum Gasteiger partial charge on any atom is -0.479 e. The molecule has 2 unspecified atom stereocenters. The summed E-state index contributed by atoms with van der Waals surface area (Å²) in [6.07, 6.45) is 1.14. The lowest BCUT2D eigenvalue weighted by molar-refractivity contribution is -0.149. The number of amides is 2. The van der Waals surface area contributed by atoms with Gasteiger partial charge in [0.1, 0.15) is 0 Å². The molecule has 1 saturated heterocycles. The summed E-state index contributed by atoms with van der Waals surface area (Å²) >= 11 is 0. The third-order valence-corrected chi connectivity index (χ3v) is 3.13. The number of carbonyl (C=O) groups excluding carboxylic acids is 1. The predicted molar refractivity (Wildman–Crippen MR) is 70.1 cm³/mol. The molecule has 0 aromatic carbocycles. The highest BCUT2D eigenvalue weighted by atomic mass is 16.5. The fourth-order valence-corrected chi connectivity index (χ4v) is 1.97. The molecule has 3 N–H and O–H groups in total. The Morgan fingerprint density at radius 3 is 2.74 bits per heavy atom. The number of carbonyl (C=O) groups is 2. The molecular weight excluding hydrogens is 250 g/mol. The first-order chi connectivity index (χ1) is 9.04. The van der Waals surface area contributed by atoms with Gasteiger partial charge in [-0.1, -0.05) is 0 Å². The summed E-state index contributed by atoms with van der Waals surface area (Å²) in [4.78, 5) is 24.1. The maximum atomic E-state index is 11.7. The molecule has 0 spiro atoms. The van der Waals surface area contributed by atoms with Crippen LogP contribution in [0.25, 0.3) is 0 Å². The molecule has 1 rings (SSSR count). The topological polar surface area (TPSA) is 90.9 Å². The maximum Gasteiger partial charge on any atom is 0.332 e. The van der Waals surface area contributed by atoms with E-state index in [0.29, 0.717) is 25.9 Å². The van der Waals surface area contributed by atoms with E-state index in [4.69, 9.17) is 9.84 Å². The Balaban J connectivity index is 2.18. The van der Waals surface area contributed by atoms with Crippen LogP contribution >= 0.6 is 0 Å². The SMILES string of the molecule is CNCCCN(C)C(=O)NCC1CCC(C(=O)O)O1. The minimum atomic E-state index is -0.932. The summed E-state index contributed by atoms with van der Waals surface area (Å²) < 4.78 is 5.31. The molecule has 1 fully saturated rings. The molecule has 7 nitrogen and oxygen atoms in total. The van der Waals surface area contributed by atoms with Crippen molar-refractivity contribution in [3.8, 4) is 0 Å². The molecule has 0 bridgehead atoms. The Labute approximate surface area is 113 Å². The van der Waals surface area contributed by atoms with Crippen LogP contribution in [0, 0.1) is 0 Å². The average Bonchev–Trinajstić information content (AvgIpc) is 2.85. The Bertz CT molecular complexity index is 311. The fourth-order valence-electron chi connectivity index (χ4n) is 1.97. The molecule has 110 valence electrons. The van der Waals surface area contributed by atoms with Crippen LogP contribution in [-0.2, 0) is 9.53 Å². The number of hydrogen-bond donors (Lipinski definition) is 3. The van der Waals surface area contributed by atoms with Crippen molar-refractivity contribution < 1.29 is 19.4 Å². The first kappa shape index (κ1) is 15.7. The van der Waals surface area contributed by atoms with Gasteiger partial charge in [0.05, 0.1) is 6.10 Å². The van der Waals surface area contributed by atoms with Crippen LogP contribution in [0.5, 0.6) is 0 Å². The summed E-state index contributed by atoms with van der Waals surface area (Å²) in [6.45, 7) is 1.90. The van der Waals surface area contributed by atoms with Gasteiger partial charge in [0.25, 0.3) is 0 Å². The zero-order valence-electron chi connectivity index (χ0n) is 11.5. The summed E-state index contributed by atoms with van der Waals surface area (Å²) in [5, 5.41) is 14.6. The highest BCUT2D eigenvalue weighted by Gasteiger charge is 2.30. The molecule has 2 atom stereocenters. The molecule has 1 heterocycles. The first-order valence-electron chi connectivity index (χ1n) is 6.56. The monoisotopic (exact) mass is 273 g/mol. The molecule has 1 aliphatic rings. The third-order valence-electron chi connectivity index (χ3n) is 3.13. The summed E-state index contributed by atoms with van der Waals surface area (Å²) in [6, 6.07) is -0.154. The van der Waals surface area contributed by atoms with Gasteiger partial charge in [-0.2, -0.15) is 0 Å². The zero-order chi connectivity index (χ0) is 14.3. The third kappa shape index (κ3) is 5.44. The molecule has 0 aliphatic carbocycles. The summed E-state index contributed by atoms with van der Waals surface area (Å²) in [5.74, 6) is -0.932. The Hall–Kier alpha value is -1.34. The predicted octanol–water partition coefficient (Wildman–Crippen LogP) is -0.130. The lowest BCUT2D eigenvalue weighted by atomic mass is 10.2. The molecule has 0 saturated carbocycles. The van der Waals surface area contributed by atoms with Crippen molar-refractivity contribution in [2.75, 3.05) is 33.7 Å². The van der Waals surface area contributed by atoms with Crippen molar-refractivity contribution in [2.24, 2.45) is 0 Å². The number of urea groups is 1. The van der Waals surface area contributed by atoms with Crippen molar-refractivity contribution in [1.29, 1.82) is 0 Å². The van der Waals surface area contributed by atoms with Crippen LogP contribution in [0.3, 0.4) is 0 Å². The Morgan fingerprint density at radius 1 is 1.42 bits per heavy atom. The number of aliphatic carboxylic acids is 1. The molecular formula is C12H23N3O4. The summed E-state index contributed by atoms with van der Waals surface area (Å²) in [5.41, 5.74) is 0. The van der Waals surface area contributed by atoms with Gasteiger partial charge in [-0.05, 0) is 32.9 Å². The van der Waals surface area contributed by atoms with Crippen molar-refractivity contribution >= 4 is 12.0 Å². The van der Waals surface area contributed by atoms with E-state index in [1.807, 2.05) is 7.05 Å². The molecule has 0 radical (unpaired) electrons. The van der Waals surface area contributed by atoms with Crippen LogP contribution in [0.4, 0.5) is 4.79 Å². The van der Waals surface area contributed by atoms with E-state index in [0.717, 1.165) is 13.0 Å². The smallest absolute Gasteiger partial charge is 0.332 e. The van der Waals surface area contributed by atoms with E-state index >= 15 is 0 Å². The van der Waals surface area contributed by atoms with E-state index in [-0.39, 0.29) is 12.1 Å². The standard InChI is InChI=1S/C12H23N3O4/c1-13-6-3-7-15(2)12(18)14-8-9-4-5-10(19-9)11(16)17/h9-10,13H,3-8H2,1-2H3,(H,14,18)(H,16,17). The second-order valence-electron chi connectivity index (χ2n) is 4.73. The maximum absolute atomic E-state index is 11.7. The van der Waals surface area contributed by atoms with Crippen molar-refractivity contribution in [1.82, 2.24) is 15.5 Å². The Kier molecular flexibility index (Phi) is 6.58. The molecule has 0 aromatic rings. The number of hydrogen-bond acceptors (Lipinski definition) is 4. The van der Waals surface area contributed by atoms with E-state index in [9.17, 15) is 9.59 Å². The second kappa shape index (κ2) is 7.96. The highest BCUT2D eigenvalue weighted by Crippen LogP contribution is 2.19. The van der Waals surface area contributed by atoms with Crippen LogP contribution in [-0.4, -0.2) is 67.9 Å². The van der Waals surface area contributed by atoms with Gasteiger partial charge in [0.15, 0.2) is 6.10 Å². The van der Waals surface area contributed by atoms with E-state index in [2.05, 4.69) is 10.6 Å². The van der Waals surface area contributed by atoms with Gasteiger partial charge in [-0.25, -0.2) is 9.59 Å².